The largest absolute Gasteiger partial charge is 0.295 e. The molecule has 0 radical (unpaired) electrons. The fourth-order valence-corrected chi connectivity index (χ4v) is 1.33. The van der Waals surface area contributed by atoms with E-state index in [1.54, 1.807) is 0 Å². The Balaban J connectivity index is 0.000000461. The Morgan fingerprint density at radius 1 is 1.07 bits per heavy atom. The zero-order valence-electron chi connectivity index (χ0n) is 7.32. The highest BCUT2D eigenvalue weighted by molar-refractivity contribution is 6.16. The minimum absolute atomic E-state index is 0.477. The third-order valence-corrected chi connectivity index (χ3v) is 2.07. The van der Waals surface area contributed by atoms with Gasteiger partial charge in [0.15, 0.2) is 0 Å². The molecule has 2 nitrogen and oxygen atoms in total. The molecule has 0 aliphatic carbocycles. The minimum Gasteiger partial charge on any atom is -0.295 e. The molecule has 1 heterocycles. The van der Waals surface area contributed by atoms with Gasteiger partial charge in [-0.1, -0.05) is 24.3 Å². The standard InChI is InChI=1S/C10H8ClN.ClHO/c11-7-9-6-5-8-3-1-2-4-10(8)12-9;1-2/h1-6H,7H2;2H. The van der Waals surface area contributed by atoms with Gasteiger partial charge >= 0.3 is 0 Å². The van der Waals surface area contributed by atoms with Crippen molar-refractivity contribution < 1.29 is 4.66 Å². The molecule has 2 aromatic rings. The van der Waals surface area contributed by atoms with Gasteiger partial charge < -0.3 is 0 Å². The molecule has 0 bridgehead atoms. The van der Waals surface area contributed by atoms with E-state index in [1.165, 1.54) is 0 Å². The van der Waals surface area contributed by atoms with Crippen LogP contribution < -0.4 is 0 Å². The second-order valence-electron chi connectivity index (χ2n) is 2.63. The van der Waals surface area contributed by atoms with Gasteiger partial charge in [0, 0.05) is 5.39 Å². The third-order valence-electron chi connectivity index (χ3n) is 1.79. The van der Waals surface area contributed by atoms with Crippen LogP contribution in [0.3, 0.4) is 0 Å². The van der Waals surface area contributed by atoms with Crippen molar-refractivity contribution in [3.8, 4) is 0 Å². The SMILES string of the molecule is ClCc1ccc2ccccc2n1.OCl. The van der Waals surface area contributed by atoms with Gasteiger partial charge in [-0.15, -0.1) is 11.6 Å². The first-order chi connectivity index (χ1) is 6.90. The molecule has 0 aliphatic heterocycles. The molecule has 1 aromatic heterocycles. The number of halogens is 2. The van der Waals surface area contributed by atoms with Gasteiger partial charge in [-0.3, -0.25) is 9.64 Å². The summed E-state index contributed by atoms with van der Waals surface area (Å²) < 4.78 is 6.47. The molecular formula is C10H9Cl2NO. The molecule has 14 heavy (non-hydrogen) atoms. The highest BCUT2D eigenvalue weighted by atomic mass is 35.5. The fourth-order valence-electron chi connectivity index (χ4n) is 1.18. The fraction of sp³-hybridized carbons (Fsp3) is 0.100. The molecule has 0 saturated carbocycles. The summed E-state index contributed by atoms with van der Waals surface area (Å²) in [6, 6.07) is 12.0. The molecular weight excluding hydrogens is 221 g/mol. The van der Waals surface area contributed by atoms with Crippen LogP contribution >= 0.6 is 23.5 Å². The molecule has 0 atom stereocenters. The zero-order chi connectivity index (χ0) is 10.4. The summed E-state index contributed by atoms with van der Waals surface area (Å²) in [5.41, 5.74) is 1.94. The Hall–Kier alpha value is -0.830. The van der Waals surface area contributed by atoms with E-state index in [1.807, 2.05) is 36.4 Å². The van der Waals surface area contributed by atoms with Crippen LogP contribution in [0.1, 0.15) is 5.69 Å². The number of fused-ring (bicyclic) bond motifs is 1. The van der Waals surface area contributed by atoms with Crippen LogP contribution in [0.2, 0.25) is 0 Å². The third kappa shape index (κ3) is 2.58. The molecule has 0 unspecified atom stereocenters. The first-order valence-corrected chi connectivity index (χ1v) is 4.85. The number of hydrogen-bond acceptors (Lipinski definition) is 2. The van der Waals surface area contributed by atoms with Crippen LogP contribution in [-0.4, -0.2) is 9.64 Å². The van der Waals surface area contributed by atoms with Crippen molar-refractivity contribution in [2.24, 2.45) is 0 Å². The Morgan fingerprint density at radius 2 is 1.79 bits per heavy atom. The van der Waals surface area contributed by atoms with Crippen LogP contribution in [0.15, 0.2) is 36.4 Å². The van der Waals surface area contributed by atoms with E-state index in [0.717, 1.165) is 16.6 Å². The number of pyridine rings is 1. The maximum absolute atomic E-state index is 6.47. The summed E-state index contributed by atoms with van der Waals surface area (Å²) in [4.78, 5) is 4.36. The summed E-state index contributed by atoms with van der Waals surface area (Å²) in [7, 11) is 0. The number of alkyl halides is 1. The Morgan fingerprint density at radius 3 is 2.50 bits per heavy atom. The normalized spacial score (nSPS) is 9.36. The molecule has 0 aliphatic rings. The second kappa shape index (κ2) is 5.81. The summed E-state index contributed by atoms with van der Waals surface area (Å²) in [6.45, 7) is 0. The molecule has 0 fully saturated rings. The van der Waals surface area contributed by atoms with E-state index in [4.69, 9.17) is 16.3 Å². The van der Waals surface area contributed by atoms with Crippen molar-refractivity contribution in [3.05, 3.63) is 42.1 Å². The molecule has 0 spiro atoms. The van der Waals surface area contributed by atoms with Gasteiger partial charge in [-0.25, -0.2) is 0 Å². The highest BCUT2D eigenvalue weighted by Crippen LogP contribution is 2.12. The number of rotatable bonds is 1. The molecule has 4 heteroatoms. The van der Waals surface area contributed by atoms with E-state index in [-0.39, 0.29) is 0 Å². The zero-order valence-corrected chi connectivity index (χ0v) is 8.83. The molecule has 0 amide bonds. The average Bonchev–Trinajstić information content (AvgIpc) is 2.31. The van der Waals surface area contributed by atoms with Crippen LogP contribution in [0.25, 0.3) is 10.9 Å². The van der Waals surface area contributed by atoms with Gasteiger partial charge in [0.05, 0.1) is 29.0 Å². The van der Waals surface area contributed by atoms with Crippen LogP contribution in [0.4, 0.5) is 0 Å². The van der Waals surface area contributed by atoms with E-state index < -0.39 is 0 Å². The summed E-state index contributed by atoms with van der Waals surface area (Å²) in [6.07, 6.45) is 0. The molecule has 0 saturated heterocycles. The van der Waals surface area contributed by atoms with Crippen molar-refractivity contribution in [2.75, 3.05) is 0 Å². The van der Waals surface area contributed by atoms with Gasteiger partial charge in [0.1, 0.15) is 0 Å². The van der Waals surface area contributed by atoms with E-state index in [9.17, 15) is 0 Å². The predicted octanol–water partition coefficient (Wildman–Crippen LogP) is 3.11. The maximum atomic E-state index is 6.47. The number of benzene rings is 1. The van der Waals surface area contributed by atoms with Gasteiger partial charge in [0.25, 0.3) is 0 Å². The summed E-state index contributed by atoms with van der Waals surface area (Å²) in [5.74, 6) is 0.477. The van der Waals surface area contributed by atoms with E-state index in [0.29, 0.717) is 5.88 Å². The van der Waals surface area contributed by atoms with Gasteiger partial charge in [0.2, 0.25) is 0 Å². The molecule has 74 valence electrons. The number of para-hydroxylation sites is 1. The lowest BCUT2D eigenvalue weighted by Crippen LogP contribution is -1.84. The van der Waals surface area contributed by atoms with Crippen molar-refractivity contribution in [3.63, 3.8) is 0 Å². The monoisotopic (exact) mass is 229 g/mol. The quantitative estimate of drug-likeness (QED) is 0.763. The van der Waals surface area contributed by atoms with E-state index in [2.05, 4.69) is 16.9 Å². The molecule has 1 aromatic carbocycles. The van der Waals surface area contributed by atoms with Crippen molar-refractivity contribution in [1.82, 2.24) is 4.98 Å². The number of aromatic nitrogens is 1. The predicted molar refractivity (Wildman–Crippen MR) is 59.4 cm³/mol. The Kier molecular flexibility index (Phi) is 4.66. The first kappa shape index (κ1) is 11.2. The average molecular weight is 230 g/mol. The lowest BCUT2D eigenvalue weighted by molar-refractivity contribution is 0.632. The van der Waals surface area contributed by atoms with Crippen LogP contribution in [-0.2, 0) is 5.88 Å². The Bertz CT molecular complexity index is 406. The number of nitrogens with zero attached hydrogens (tertiary/aromatic N) is 1. The summed E-state index contributed by atoms with van der Waals surface area (Å²) >= 11 is 9.30. The van der Waals surface area contributed by atoms with Crippen molar-refractivity contribution in [2.45, 2.75) is 5.88 Å². The lowest BCUT2D eigenvalue weighted by Gasteiger charge is -1.97. The van der Waals surface area contributed by atoms with E-state index >= 15 is 0 Å². The van der Waals surface area contributed by atoms with Crippen molar-refractivity contribution in [1.29, 1.82) is 0 Å². The topological polar surface area (TPSA) is 33.1 Å². The minimum atomic E-state index is 0.477. The highest BCUT2D eigenvalue weighted by Gasteiger charge is 1.94. The number of hydrogen-bond donors (Lipinski definition) is 1. The second-order valence-corrected chi connectivity index (χ2v) is 2.90. The maximum Gasteiger partial charge on any atom is 0.0705 e. The van der Waals surface area contributed by atoms with Crippen LogP contribution in [0.5, 0.6) is 0 Å². The van der Waals surface area contributed by atoms with Gasteiger partial charge in [-0.05, 0) is 12.1 Å². The smallest absolute Gasteiger partial charge is 0.0705 e. The van der Waals surface area contributed by atoms with Crippen molar-refractivity contribution >= 4 is 34.4 Å². The molecule has 1 N–H and O–H groups in total. The van der Waals surface area contributed by atoms with Gasteiger partial charge in [-0.2, -0.15) is 0 Å². The Labute approximate surface area is 92.3 Å². The first-order valence-electron chi connectivity index (χ1n) is 3.98. The molecule has 2 rings (SSSR count). The lowest BCUT2D eigenvalue weighted by atomic mass is 10.2. The van der Waals surface area contributed by atoms with Crippen LogP contribution in [0, 0.1) is 0 Å². The summed E-state index contributed by atoms with van der Waals surface area (Å²) in [5, 5.41) is 1.16.